The van der Waals surface area contributed by atoms with Gasteiger partial charge in [0.05, 0.1) is 19.3 Å². The first-order valence-electron chi connectivity index (χ1n) is 6.81. The van der Waals surface area contributed by atoms with Crippen LogP contribution in [0.25, 0.3) is 0 Å². The summed E-state index contributed by atoms with van der Waals surface area (Å²) in [6, 6.07) is 0. The summed E-state index contributed by atoms with van der Waals surface area (Å²) in [5, 5.41) is 18.9. The second kappa shape index (κ2) is 6.90. The lowest BCUT2D eigenvalue weighted by Gasteiger charge is -2.39. The maximum atomic E-state index is 12.5. The van der Waals surface area contributed by atoms with E-state index in [1.54, 1.807) is 0 Å². The molecule has 1 aliphatic carbocycles. The average molecular weight is 283 g/mol. The van der Waals surface area contributed by atoms with Gasteiger partial charge in [-0.15, -0.1) is 0 Å². The van der Waals surface area contributed by atoms with Crippen LogP contribution in [0.15, 0.2) is 0 Å². The fraction of sp³-hybridized carbons (Fsp3) is 1.00. The van der Waals surface area contributed by atoms with Crippen molar-refractivity contribution in [3.05, 3.63) is 0 Å². The number of hydrogen-bond donors (Lipinski definition) is 2. The van der Waals surface area contributed by atoms with E-state index in [0.29, 0.717) is 12.3 Å². The zero-order valence-electron chi connectivity index (χ0n) is 11.5. The molecule has 4 atom stereocenters. The molecule has 0 spiro atoms. The second-order valence-corrected chi connectivity index (χ2v) is 5.86. The molecule has 0 saturated heterocycles. The van der Waals surface area contributed by atoms with Crippen LogP contribution in [-0.2, 0) is 0 Å². The van der Waals surface area contributed by atoms with E-state index in [1.165, 1.54) is 4.90 Å². The van der Waals surface area contributed by atoms with Crippen molar-refractivity contribution >= 4 is 0 Å². The molecule has 0 aromatic heterocycles. The molecule has 1 rings (SSSR count). The van der Waals surface area contributed by atoms with Crippen LogP contribution < -0.4 is 0 Å². The Hall–Kier alpha value is -0.330. The largest absolute Gasteiger partial charge is 0.401 e. The topological polar surface area (TPSA) is 43.7 Å². The lowest BCUT2D eigenvalue weighted by atomic mass is 9.73. The standard InChI is InChI=1S/C13H24F3NO2/c1-9-5-10(2)11(12(19)6-9)7-17(3-4-18)8-13(14,15)16/h9-12,18-19H,3-8H2,1-2H3. The SMILES string of the molecule is CC1CC(C)C(CN(CCO)CC(F)(F)F)C(O)C1. The Balaban J connectivity index is 2.61. The Labute approximate surface area is 112 Å². The van der Waals surface area contributed by atoms with Crippen LogP contribution in [0.3, 0.4) is 0 Å². The summed E-state index contributed by atoms with van der Waals surface area (Å²) in [6.07, 6.45) is -3.24. The van der Waals surface area contributed by atoms with Crippen molar-refractivity contribution in [3.8, 4) is 0 Å². The number of hydrogen-bond acceptors (Lipinski definition) is 3. The van der Waals surface area contributed by atoms with E-state index >= 15 is 0 Å². The van der Waals surface area contributed by atoms with Crippen molar-refractivity contribution in [2.45, 2.75) is 39.0 Å². The summed E-state index contributed by atoms with van der Waals surface area (Å²) in [4.78, 5) is 1.19. The van der Waals surface area contributed by atoms with Gasteiger partial charge >= 0.3 is 6.18 Å². The van der Waals surface area contributed by atoms with E-state index < -0.39 is 18.8 Å². The molecule has 1 fully saturated rings. The van der Waals surface area contributed by atoms with Crippen molar-refractivity contribution in [2.75, 3.05) is 26.2 Å². The van der Waals surface area contributed by atoms with Crippen LogP contribution in [0, 0.1) is 17.8 Å². The molecule has 0 bridgehead atoms. The molecule has 19 heavy (non-hydrogen) atoms. The molecule has 0 radical (unpaired) electrons. The Morgan fingerprint density at radius 2 is 1.84 bits per heavy atom. The summed E-state index contributed by atoms with van der Waals surface area (Å²) in [5.41, 5.74) is 0. The monoisotopic (exact) mass is 283 g/mol. The van der Waals surface area contributed by atoms with Crippen molar-refractivity contribution in [2.24, 2.45) is 17.8 Å². The van der Waals surface area contributed by atoms with Crippen LogP contribution in [0.5, 0.6) is 0 Å². The van der Waals surface area contributed by atoms with Crippen LogP contribution in [-0.4, -0.2) is 53.6 Å². The fourth-order valence-corrected chi connectivity index (χ4v) is 3.10. The zero-order valence-corrected chi connectivity index (χ0v) is 11.5. The summed E-state index contributed by atoms with van der Waals surface area (Å²) >= 11 is 0. The Bertz CT molecular complexity index is 261. The van der Waals surface area contributed by atoms with Crippen molar-refractivity contribution in [3.63, 3.8) is 0 Å². The van der Waals surface area contributed by atoms with Gasteiger partial charge in [0.1, 0.15) is 0 Å². The third kappa shape index (κ3) is 5.67. The molecular weight excluding hydrogens is 259 g/mol. The number of aliphatic hydroxyl groups is 2. The van der Waals surface area contributed by atoms with E-state index in [-0.39, 0.29) is 31.5 Å². The first-order valence-corrected chi connectivity index (χ1v) is 6.81. The van der Waals surface area contributed by atoms with Gasteiger partial charge in [0, 0.05) is 19.0 Å². The van der Waals surface area contributed by atoms with Crippen molar-refractivity contribution < 1.29 is 23.4 Å². The smallest absolute Gasteiger partial charge is 0.395 e. The minimum Gasteiger partial charge on any atom is -0.395 e. The van der Waals surface area contributed by atoms with Crippen LogP contribution >= 0.6 is 0 Å². The number of aliphatic hydroxyl groups excluding tert-OH is 2. The fourth-order valence-electron chi connectivity index (χ4n) is 3.10. The van der Waals surface area contributed by atoms with E-state index in [2.05, 4.69) is 6.92 Å². The summed E-state index contributed by atoms with van der Waals surface area (Å²) < 4.78 is 37.4. The van der Waals surface area contributed by atoms with Crippen molar-refractivity contribution in [1.82, 2.24) is 4.90 Å². The van der Waals surface area contributed by atoms with Gasteiger partial charge in [-0.05, 0) is 24.7 Å². The summed E-state index contributed by atoms with van der Waals surface area (Å²) in [7, 11) is 0. The van der Waals surface area contributed by atoms with Gasteiger partial charge in [0.15, 0.2) is 0 Å². The van der Waals surface area contributed by atoms with Gasteiger partial charge in [-0.2, -0.15) is 13.2 Å². The predicted octanol–water partition coefficient (Wildman–Crippen LogP) is 1.89. The molecule has 4 unspecified atom stereocenters. The average Bonchev–Trinajstić information content (AvgIpc) is 2.21. The highest BCUT2D eigenvalue weighted by Gasteiger charge is 2.36. The normalized spacial score (nSPS) is 32.8. The number of rotatable bonds is 5. The molecule has 6 heteroatoms. The quantitative estimate of drug-likeness (QED) is 0.810. The van der Waals surface area contributed by atoms with Crippen LogP contribution in [0.4, 0.5) is 13.2 Å². The molecule has 1 saturated carbocycles. The van der Waals surface area contributed by atoms with Gasteiger partial charge in [0.25, 0.3) is 0 Å². The number of nitrogens with zero attached hydrogens (tertiary/aromatic N) is 1. The second-order valence-electron chi connectivity index (χ2n) is 5.86. The third-order valence-corrected chi connectivity index (χ3v) is 3.93. The number of halogens is 3. The van der Waals surface area contributed by atoms with E-state index in [9.17, 15) is 18.3 Å². The van der Waals surface area contributed by atoms with Gasteiger partial charge < -0.3 is 10.2 Å². The number of alkyl halides is 3. The minimum atomic E-state index is -4.27. The minimum absolute atomic E-state index is 0.00893. The predicted molar refractivity (Wildman–Crippen MR) is 66.6 cm³/mol. The summed E-state index contributed by atoms with van der Waals surface area (Å²) in [5.74, 6) is 0.466. The van der Waals surface area contributed by atoms with E-state index in [0.717, 1.165) is 6.42 Å². The van der Waals surface area contributed by atoms with Crippen LogP contribution in [0.1, 0.15) is 26.7 Å². The van der Waals surface area contributed by atoms with E-state index in [4.69, 9.17) is 5.11 Å². The molecule has 1 aliphatic rings. The lowest BCUT2D eigenvalue weighted by Crippen LogP contribution is -2.46. The van der Waals surface area contributed by atoms with Gasteiger partial charge in [-0.1, -0.05) is 13.8 Å². The zero-order chi connectivity index (χ0) is 14.6. The first kappa shape index (κ1) is 16.7. The van der Waals surface area contributed by atoms with Gasteiger partial charge in [0.2, 0.25) is 0 Å². The molecule has 0 heterocycles. The molecule has 0 aromatic carbocycles. The van der Waals surface area contributed by atoms with Crippen LogP contribution in [0.2, 0.25) is 0 Å². The highest BCUT2D eigenvalue weighted by atomic mass is 19.4. The van der Waals surface area contributed by atoms with Gasteiger partial charge in [-0.3, -0.25) is 4.90 Å². The Kier molecular flexibility index (Phi) is 6.08. The molecule has 0 aliphatic heterocycles. The first-order chi connectivity index (χ1) is 8.73. The molecule has 2 N–H and O–H groups in total. The van der Waals surface area contributed by atoms with Crippen molar-refractivity contribution in [1.29, 1.82) is 0 Å². The molecule has 114 valence electrons. The molecular formula is C13H24F3NO2. The maximum absolute atomic E-state index is 12.5. The summed E-state index contributed by atoms with van der Waals surface area (Å²) in [6.45, 7) is 2.88. The molecule has 0 amide bonds. The maximum Gasteiger partial charge on any atom is 0.401 e. The third-order valence-electron chi connectivity index (χ3n) is 3.93. The highest BCUT2D eigenvalue weighted by Crippen LogP contribution is 2.34. The van der Waals surface area contributed by atoms with E-state index in [1.807, 2.05) is 6.92 Å². The highest BCUT2D eigenvalue weighted by molar-refractivity contribution is 4.85. The molecule has 0 aromatic rings. The lowest BCUT2D eigenvalue weighted by molar-refractivity contribution is -0.151. The Morgan fingerprint density at radius 1 is 1.21 bits per heavy atom. The molecule has 3 nitrogen and oxygen atoms in total. The Morgan fingerprint density at radius 3 is 2.32 bits per heavy atom. The van der Waals surface area contributed by atoms with Gasteiger partial charge in [-0.25, -0.2) is 0 Å².